The number of tetrazole rings is 1. The molecular weight excluding hydrogens is 248 g/mol. The van der Waals surface area contributed by atoms with Crippen molar-refractivity contribution in [3.63, 3.8) is 0 Å². The van der Waals surface area contributed by atoms with Crippen molar-refractivity contribution in [2.75, 3.05) is 18.8 Å². The number of ether oxygens (including phenoxy) is 1. The molecule has 2 rings (SSSR count). The fourth-order valence-electron chi connectivity index (χ4n) is 2.08. The first-order valence-corrected chi connectivity index (χ1v) is 6.38. The smallest absolute Gasteiger partial charge is 0.410 e. The SMILES string of the molecule is CC(C)(C)OC(=O)N1CCC(n2nnnc2N)CC1. The molecule has 2 N–H and O–H groups in total. The molecule has 0 aromatic carbocycles. The van der Waals surface area contributed by atoms with Crippen molar-refractivity contribution in [3.05, 3.63) is 0 Å². The maximum Gasteiger partial charge on any atom is 0.410 e. The van der Waals surface area contributed by atoms with Gasteiger partial charge in [0.2, 0.25) is 5.95 Å². The van der Waals surface area contributed by atoms with Crippen molar-refractivity contribution in [3.8, 4) is 0 Å². The number of likely N-dealkylation sites (tertiary alicyclic amines) is 1. The van der Waals surface area contributed by atoms with Crippen LogP contribution in [0.4, 0.5) is 10.7 Å². The molecule has 19 heavy (non-hydrogen) atoms. The highest BCUT2D eigenvalue weighted by atomic mass is 16.6. The molecule has 8 heteroatoms. The van der Waals surface area contributed by atoms with Crippen LogP contribution >= 0.6 is 0 Å². The van der Waals surface area contributed by atoms with Gasteiger partial charge in [0.25, 0.3) is 0 Å². The first-order valence-electron chi connectivity index (χ1n) is 6.38. The Morgan fingerprint density at radius 1 is 1.37 bits per heavy atom. The third-order valence-corrected chi connectivity index (χ3v) is 2.98. The summed E-state index contributed by atoms with van der Waals surface area (Å²) in [6, 6.07) is 0.147. The van der Waals surface area contributed by atoms with Gasteiger partial charge in [0.05, 0.1) is 6.04 Å². The van der Waals surface area contributed by atoms with E-state index < -0.39 is 5.60 Å². The number of nitrogens with zero attached hydrogens (tertiary/aromatic N) is 5. The summed E-state index contributed by atoms with van der Waals surface area (Å²) in [4.78, 5) is 13.6. The fourth-order valence-corrected chi connectivity index (χ4v) is 2.08. The monoisotopic (exact) mass is 268 g/mol. The van der Waals surface area contributed by atoms with Crippen LogP contribution in [0.15, 0.2) is 0 Å². The Morgan fingerprint density at radius 3 is 2.47 bits per heavy atom. The Labute approximate surface area is 111 Å². The highest BCUT2D eigenvalue weighted by Gasteiger charge is 2.28. The van der Waals surface area contributed by atoms with E-state index in [2.05, 4.69) is 15.5 Å². The number of aromatic nitrogens is 4. The molecule has 0 atom stereocenters. The van der Waals surface area contributed by atoms with Crippen LogP contribution in [0.25, 0.3) is 0 Å². The van der Waals surface area contributed by atoms with Gasteiger partial charge in [0.15, 0.2) is 0 Å². The number of nitrogens with two attached hydrogens (primary N) is 1. The second kappa shape index (κ2) is 5.02. The summed E-state index contributed by atoms with van der Waals surface area (Å²) < 4.78 is 6.96. The van der Waals surface area contributed by atoms with Gasteiger partial charge >= 0.3 is 6.09 Å². The minimum Gasteiger partial charge on any atom is -0.444 e. The van der Waals surface area contributed by atoms with Crippen molar-refractivity contribution in [1.29, 1.82) is 0 Å². The van der Waals surface area contributed by atoms with E-state index in [-0.39, 0.29) is 12.1 Å². The zero-order chi connectivity index (χ0) is 14.0. The van der Waals surface area contributed by atoms with Crippen molar-refractivity contribution in [2.24, 2.45) is 0 Å². The quantitative estimate of drug-likeness (QED) is 0.809. The number of anilines is 1. The topological polar surface area (TPSA) is 99.2 Å². The molecule has 1 aromatic rings. The van der Waals surface area contributed by atoms with E-state index >= 15 is 0 Å². The van der Waals surface area contributed by atoms with Crippen molar-refractivity contribution < 1.29 is 9.53 Å². The Kier molecular flexibility index (Phi) is 3.59. The Balaban J connectivity index is 1.89. The highest BCUT2D eigenvalue weighted by Crippen LogP contribution is 2.24. The predicted octanol–water partition coefficient (Wildman–Crippen LogP) is 0.827. The van der Waals surface area contributed by atoms with Gasteiger partial charge in [-0.15, -0.1) is 0 Å². The second-order valence-electron chi connectivity index (χ2n) is 5.68. The molecule has 0 unspecified atom stereocenters. The number of piperidine rings is 1. The molecule has 1 aromatic heterocycles. The number of rotatable bonds is 1. The van der Waals surface area contributed by atoms with E-state index in [0.29, 0.717) is 19.0 Å². The molecule has 0 radical (unpaired) electrons. The standard InChI is InChI=1S/C11H20N6O2/c1-11(2,3)19-10(18)16-6-4-8(5-7-16)17-9(12)13-14-15-17/h8H,4-7H2,1-3H3,(H2,12,13,15). The predicted molar refractivity (Wildman–Crippen MR) is 68.3 cm³/mol. The lowest BCUT2D eigenvalue weighted by atomic mass is 10.1. The largest absolute Gasteiger partial charge is 0.444 e. The van der Waals surface area contributed by atoms with Gasteiger partial charge in [-0.05, 0) is 44.0 Å². The molecule has 1 saturated heterocycles. The summed E-state index contributed by atoms with van der Waals surface area (Å²) >= 11 is 0. The molecule has 0 saturated carbocycles. The minimum atomic E-state index is -0.464. The lowest BCUT2D eigenvalue weighted by Crippen LogP contribution is -2.42. The summed E-state index contributed by atoms with van der Waals surface area (Å²) in [5.41, 5.74) is 5.21. The van der Waals surface area contributed by atoms with E-state index in [4.69, 9.17) is 10.5 Å². The molecule has 8 nitrogen and oxygen atoms in total. The molecule has 1 aliphatic heterocycles. The van der Waals surface area contributed by atoms with Crippen LogP contribution in [-0.4, -0.2) is 49.9 Å². The first kappa shape index (κ1) is 13.6. The number of hydrogen-bond donors (Lipinski definition) is 1. The summed E-state index contributed by atoms with van der Waals surface area (Å²) in [5.74, 6) is 0.315. The average molecular weight is 268 g/mol. The van der Waals surface area contributed by atoms with Crippen LogP contribution in [0.1, 0.15) is 39.7 Å². The van der Waals surface area contributed by atoms with Crippen molar-refractivity contribution in [2.45, 2.75) is 45.3 Å². The average Bonchev–Trinajstić information content (AvgIpc) is 2.73. The second-order valence-corrected chi connectivity index (χ2v) is 5.68. The van der Waals surface area contributed by atoms with E-state index in [9.17, 15) is 4.79 Å². The van der Waals surface area contributed by atoms with Gasteiger partial charge in [-0.3, -0.25) is 0 Å². The first-order chi connectivity index (χ1) is 8.87. The van der Waals surface area contributed by atoms with Gasteiger partial charge in [-0.25, -0.2) is 9.48 Å². The van der Waals surface area contributed by atoms with Crippen LogP contribution in [0.3, 0.4) is 0 Å². The maximum absolute atomic E-state index is 11.9. The number of carbonyl (C=O) groups excluding carboxylic acids is 1. The Bertz CT molecular complexity index is 444. The molecule has 1 fully saturated rings. The third-order valence-electron chi connectivity index (χ3n) is 2.98. The maximum atomic E-state index is 11.9. The van der Waals surface area contributed by atoms with E-state index in [1.807, 2.05) is 20.8 Å². The number of carbonyl (C=O) groups is 1. The number of nitrogen functional groups attached to an aromatic ring is 1. The van der Waals surface area contributed by atoms with E-state index in [1.54, 1.807) is 9.58 Å². The molecule has 0 spiro atoms. The normalized spacial score (nSPS) is 17.5. The van der Waals surface area contributed by atoms with Crippen LogP contribution in [-0.2, 0) is 4.74 Å². The van der Waals surface area contributed by atoms with Crippen LogP contribution in [0.2, 0.25) is 0 Å². The minimum absolute atomic E-state index is 0.147. The molecule has 0 bridgehead atoms. The lowest BCUT2D eigenvalue weighted by molar-refractivity contribution is 0.0185. The number of amides is 1. The van der Waals surface area contributed by atoms with Crippen molar-refractivity contribution in [1.82, 2.24) is 25.1 Å². The van der Waals surface area contributed by atoms with Gasteiger partial charge in [-0.2, -0.15) is 0 Å². The Hall–Kier alpha value is -1.86. The lowest BCUT2D eigenvalue weighted by Gasteiger charge is -2.33. The van der Waals surface area contributed by atoms with Gasteiger partial charge in [-0.1, -0.05) is 5.10 Å². The third kappa shape index (κ3) is 3.33. The van der Waals surface area contributed by atoms with Crippen LogP contribution < -0.4 is 5.73 Å². The summed E-state index contributed by atoms with van der Waals surface area (Å²) in [6.07, 6.45) is 1.28. The summed E-state index contributed by atoms with van der Waals surface area (Å²) in [5, 5.41) is 11.1. The van der Waals surface area contributed by atoms with Crippen LogP contribution in [0, 0.1) is 0 Å². The van der Waals surface area contributed by atoms with Gasteiger partial charge in [0.1, 0.15) is 5.60 Å². The molecule has 0 aliphatic carbocycles. The van der Waals surface area contributed by atoms with E-state index in [1.165, 1.54) is 0 Å². The Morgan fingerprint density at radius 2 is 2.00 bits per heavy atom. The zero-order valence-electron chi connectivity index (χ0n) is 11.5. The summed E-state index contributed by atoms with van der Waals surface area (Å²) in [7, 11) is 0. The molecule has 1 aliphatic rings. The molecule has 106 valence electrons. The fraction of sp³-hybridized carbons (Fsp3) is 0.818. The number of hydrogen-bond acceptors (Lipinski definition) is 6. The molecular formula is C11H20N6O2. The highest BCUT2D eigenvalue weighted by molar-refractivity contribution is 5.68. The zero-order valence-corrected chi connectivity index (χ0v) is 11.5. The van der Waals surface area contributed by atoms with Gasteiger partial charge < -0.3 is 15.4 Å². The molecule has 2 heterocycles. The van der Waals surface area contributed by atoms with Crippen molar-refractivity contribution >= 4 is 12.0 Å². The van der Waals surface area contributed by atoms with Crippen LogP contribution in [0.5, 0.6) is 0 Å². The van der Waals surface area contributed by atoms with E-state index in [0.717, 1.165) is 12.8 Å². The van der Waals surface area contributed by atoms with Gasteiger partial charge in [0, 0.05) is 13.1 Å². The summed E-state index contributed by atoms with van der Waals surface area (Å²) in [6.45, 7) is 6.83. The molecule has 1 amide bonds.